The maximum absolute atomic E-state index is 12.5. The summed E-state index contributed by atoms with van der Waals surface area (Å²) in [5.41, 5.74) is 4.68. The van der Waals surface area contributed by atoms with Crippen LogP contribution in [-0.4, -0.2) is 51.7 Å². The molecule has 1 fully saturated rings. The summed E-state index contributed by atoms with van der Waals surface area (Å²) < 4.78 is 12.9. The van der Waals surface area contributed by atoms with Crippen LogP contribution in [0.15, 0.2) is 103 Å². The number of amides is 1. The Hall–Kier alpha value is -3.92. The van der Waals surface area contributed by atoms with E-state index in [1.54, 1.807) is 18.3 Å². The van der Waals surface area contributed by atoms with Crippen LogP contribution in [0.25, 0.3) is 0 Å². The van der Waals surface area contributed by atoms with Crippen molar-refractivity contribution in [3.8, 4) is 0 Å². The first-order valence-electron chi connectivity index (χ1n) is 14.2. The Morgan fingerprint density at radius 3 is 2.36 bits per heavy atom. The van der Waals surface area contributed by atoms with Crippen molar-refractivity contribution in [2.45, 2.75) is 50.6 Å². The summed E-state index contributed by atoms with van der Waals surface area (Å²) in [5.74, 6) is -0.234. The molecule has 0 unspecified atom stereocenters. The number of benzene rings is 3. The van der Waals surface area contributed by atoms with Crippen LogP contribution in [0.2, 0.25) is 0 Å². The van der Waals surface area contributed by atoms with E-state index in [9.17, 15) is 15.0 Å². The van der Waals surface area contributed by atoms with Crippen molar-refractivity contribution < 1.29 is 24.5 Å². The minimum absolute atomic E-state index is 0.0176. The van der Waals surface area contributed by atoms with Gasteiger partial charge in [0.25, 0.3) is 5.91 Å². The molecule has 0 spiro atoms. The van der Waals surface area contributed by atoms with Crippen LogP contribution < -0.4 is 5.32 Å². The predicted octanol–water partition coefficient (Wildman–Crippen LogP) is 5.43. The number of aromatic nitrogens is 1. The van der Waals surface area contributed by atoms with Crippen molar-refractivity contribution in [2.75, 3.05) is 18.9 Å². The predicted molar refractivity (Wildman–Crippen MR) is 161 cm³/mol. The first kappa shape index (κ1) is 29.6. The molecule has 1 amide bonds. The third-order valence-electron chi connectivity index (χ3n) is 7.76. The Morgan fingerprint density at radius 2 is 1.69 bits per heavy atom. The zero-order chi connectivity index (χ0) is 29.5. The number of likely N-dealkylation sites (N-methyl/N-ethyl adjacent to an activating group) is 1. The molecule has 5 rings (SSSR count). The van der Waals surface area contributed by atoms with Crippen molar-refractivity contribution in [3.63, 3.8) is 0 Å². The largest absolute Gasteiger partial charge is 0.392 e. The number of nitrogens with one attached hydrogen (secondary N) is 1. The second-order valence-electron chi connectivity index (χ2n) is 10.7. The summed E-state index contributed by atoms with van der Waals surface area (Å²) in [6.07, 6.45) is 2.12. The molecule has 1 aliphatic heterocycles. The lowest BCUT2D eigenvalue weighted by Gasteiger charge is -2.39. The van der Waals surface area contributed by atoms with Gasteiger partial charge in [-0.15, -0.1) is 0 Å². The van der Waals surface area contributed by atoms with E-state index in [1.165, 1.54) is 6.20 Å². The van der Waals surface area contributed by atoms with Gasteiger partial charge in [0.05, 0.1) is 30.5 Å². The molecule has 42 heavy (non-hydrogen) atoms. The number of hydrogen-bond acceptors (Lipinski definition) is 7. The van der Waals surface area contributed by atoms with Gasteiger partial charge in [-0.2, -0.15) is 0 Å². The standard InChI is InChI=1S/C34H37N3O5/c1-23(32(39)26-7-4-3-5-8-26)37(2)21-30-19-31(25-12-10-24(22-38)11-13-25)42-34(41-30)27-14-16-29(17-15-27)36-33(40)28-9-6-18-35-20-28/h3-18,20,23,30-32,34,38-39H,19,21-22H2,1-2H3,(H,36,40)/t23-,30-,31+,32-,34+/m0/s1. The third kappa shape index (κ3) is 7.28. The monoisotopic (exact) mass is 567 g/mol. The molecule has 5 atom stereocenters. The number of anilines is 1. The van der Waals surface area contributed by atoms with Crippen molar-refractivity contribution in [1.29, 1.82) is 0 Å². The summed E-state index contributed by atoms with van der Waals surface area (Å²) in [6, 6.07) is 28.2. The Morgan fingerprint density at radius 1 is 0.976 bits per heavy atom. The fourth-order valence-electron chi connectivity index (χ4n) is 5.11. The number of aliphatic hydroxyl groups is 2. The highest BCUT2D eigenvalue weighted by molar-refractivity contribution is 6.04. The van der Waals surface area contributed by atoms with Crippen LogP contribution in [0.5, 0.6) is 0 Å². The highest BCUT2D eigenvalue weighted by atomic mass is 16.7. The normalized spacial score (nSPS) is 20.2. The second-order valence-corrected chi connectivity index (χ2v) is 10.7. The molecular formula is C34H37N3O5. The molecule has 3 N–H and O–H groups in total. The van der Waals surface area contributed by atoms with Crippen molar-refractivity contribution in [1.82, 2.24) is 9.88 Å². The molecule has 0 saturated carbocycles. The molecule has 4 aromatic rings. The Bertz CT molecular complexity index is 1420. The van der Waals surface area contributed by atoms with Crippen molar-refractivity contribution in [3.05, 3.63) is 131 Å². The van der Waals surface area contributed by atoms with Gasteiger partial charge in [-0.1, -0.05) is 66.7 Å². The van der Waals surface area contributed by atoms with Gasteiger partial charge in [-0.3, -0.25) is 14.7 Å². The fraction of sp³-hybridized carbons (Fsp3) is 0.294. The average Bonchev–Trinajstić information content (AvgIpc) is 3.05. The summed E-state index contributed by atoms with van der Waals surface area (Å²) >= 11 is 0. The summed E-state index contributed by atoms with van der Waals surface area (Å²) in [6.45, 7) is 2.59. The van der Waals surface area contributed by atoms with E-state index in [4.69, 9.17) is 9.47 Å². The van der Waals surface area contributed by atoms with Gasteiger partial charge >= 0.3 is 0 Å². The summed E-state index contributed by atoms with van der Waals surface area (Å²) in [4.78, 5) is 18.7. The van der Waals surface area contributed by atoms with E-state index in [2.05, 4.69) is 15.2 Å². The summed E-state index contributed by atoms with van der Waals surface area (Å²) in [7, 11) is 2.00. The van der Waals surface area contributed by atoms with Crippen LogP contribution >= 0.6 is 0 Å². The number of aliphatic hydroxyl groups excluding tert-OH is 2. The number of carbonyl (C=O) groups is 1. The van der Waals surface area contributed by atoms with Crippen LogP contribution in [0, 0.1) is 0 Å². The lowest BCUT2D eigenvalue weighted by molar-refractivity contribution is -0.253. The van der Waals surface area contributed by atoms with Crippen LogP contribution in [0.3, 0.4) is 0 Å². The number of rotatable bonds is 10. The van der Waals surface area contributed by atoms with Crippen molar-refractivity contribution >= 4 is 11.6 Å². The first-order chi connectivity index (χ1) is 20.4. The number of ether oxygens (including phenoxy) is 2. The molecule has 0 radical (unpaired) electrons. The zero-order valence-corrected chi connectivity index (χ0v) is 23.8. The smallest absolute Gasteiger partial charge is 0.257 e. The van der Waals surface area contributed by atoms with Gasteiger partial charge in [-0.25, -0.2) is 0 Å². The Labute approximate surface area is 246 Å². The first-order valence-corrected chi connectivity index (χ1v) is 14.2. The highest BCUT2D eigenvalue weighted by Gasteiger charge is 2.34. The maximum Gasteiger partial charge on any atom is 0.257 e. The van der Waals surface area contributed by atoms with Crippen LogP contribution in [0.1, 0.15) is 64.5 Å². The van der Waals surface area contributed by atoms with Gasteiger partial charge in [-0.05, 0) is 54.9 Å². The topological polar surface area (TPSA) is 104 Å². The molecule has 1 aromatic heterocycles. The maximum atomic E-state index is 12.5. The van der Waals surface area contributed by atoms with Crippen molar-refractivity contribution in [2.24, 2.45) is 0 Å². The van der Waals surface area contributed by atoms with Gasteiger partial charge in [0.15, 0.2) is 6.29 Å². The third-order valence-corrected chi connectivity index (χ3v) is 7.76. The van der Waals surface area contributed by atoms with Crippen LogP contribution in [0.4, 0.5) is 5.69 Å². The van der Waals surface area contributed by atoms with E-state index in [0.29, 0.717) is 24.2 Å². The van der Waals surface area contributed by atoms with E-state index < -0.39 is 12.4 Å². The molecule has 2 heterocycles. The molecule has 0 bridgehead atoms. The van der Waals surface area contributed by atoms with E-state index in [1.807, 2.05) is 92.8 Å². The quantitative estimate of drug-likeness (QED) is 0.235. The molecule has 1 saturated heterocycles. The Kier molecular flexibility index (Phi) is 9.74. The molecule has 8 nitrogen and oxygen atoms in total. The van der Waals surface area contributed by atoms with Gasteiger partial charge in [0, 0.05) is 42.7 Å². The second kappa shape index (κ2) is 13.8. The SMILES string of the molecule is C[C@@H]([C@H](O)c1ccccc1)N(C)C[C@@H]1C[C@H](c2ccc(CO)cc2)O[C@H](c2ccc(NC(=O)c3cccnc3)cc2)O1. The van der Waals surface area contributed by atoms with Gasteiger partial charge in [0.1, 0.15) is 0 Å². The minimum Gasteiger partial charge on any atom is -0.392 e. The number of pyridine rings is 1. The van der Waals surface area contributed by atoms with E-state index in [0.717, 1.165) is 22.3 Å². The lowest BCUT2D eigenvalue weighted by Crippen LogP contribution is -2.43. The molecule has 1 aliphatic rings. The fourth-order valence-corrected chi connectivity index (χ4v) is 5.11. The number of hydrogen-bond donors (Lipinski definition) is 3. The van der Waals surface area contributed by atoms with Gasteiger partial charge < -0.3 is 25.0 Å². The molecule has 3 aromatic carbocycles. The lowest BCUT2D eigenvalue weighted by atomic mass is 9.98. The Balaban J connectivity index is 1.31. The van der Waals surface area contributed by atoms with Crippen LogP contribution in [-0.2, 0) is 16.1 Å². The van der Waals surface area contributed by atoms with E-state index in [-0.39, 0.29) is 30.8 Å². The van der Waals surface area contributed by atoms with E-state index >= 15 is 0 Å². The highest BCUT2D eigenvalue weighted by Crippen LogP contribution is 2.38. The molecule has 0 aliphatic carbocycles. The molecule has 218 valence electrons. The van der Waals surface area contributed by atoms with Gasteiger partial charge in [0.2, 0.25) is 0 Å². The molecular weight excluding hydrogens is 530 g/mol. The minimum atomic E-state index is -0.636. The number of carbonyl (C=O) groups excluding carboxylic acids is 1. The number of nitrogens with zero attached hydrogens (tertiary/aromatic N) is 2. The summed E-state index contributed by atoms with van der Waals surface area (Å²) in [5, 5.41) is 23.4. The molecule has 8 heteroatoms. The average molecular weight is 568 g/mol. The zero-order valence-electron chi connectivity index (χ0n) is 23.8.